The molecule has 0 amide bonds. The van der Waals surface area contributed by atoms with Gasteiger partial charge in [-0.2, -0.15) is 0 Å². The highest BCUT2D eigenvalue weighted by molar-refractivity contribution is 7.72. The zero-order valence-electron chi connectivity index (χ0n) is 6.49. The number of hydrogen-bond acceptors (Lipinski definition) is 3. The maximum Gasteiger partial charge on any atom is 0.140 e. The van der Waals surface area contributed by atoms with Crippen LogP contribution in [0.1, 0.15) is 5.56 Å². The largest absolute Gasteiger partial charge is 0.399 e. The number of hydrogen-bond donors (Lipinski definition) is 2. The van der Waals surface area contributed by atoms with Gasteiger partial charge in [-0.3, -0.25) is 0 Å². The Morgan fingerprint density at radius 2 is 2.25 bits per heavy atom. The first kappa shape index (κ1) is 9.06. The fourth-order valence-corrected chi connectivity index (χ4v) is 1.32. The van der Waals surface area contributed by atoms with Crippen LogP contribution < -0.4 is 5.73 Å². The Morgan fingerprint density at radius 1 is 1.50 bits per heavy atom. The highest BCUT2D eigenvalue weighted by Gasteiger charge is 1.94. The summed E-state index contributed by atoms with van der Waals surface area (Å²) in [4.78, 5) is 0. The van der Waals surface area contributed by atoms with Crippen LogP contribution in [-0.4, -0.2) is 14.2 Å². The van der Waals surface area contributed by atoms with Crippen LogP contribution in [0.15, 0.2) is 18.2 Å². The van der Waals surface area contributed by atoms with Crippen molar-refractivity contribution in [3.05, 3.63) is 29.8 Å². The second-order valence-corrected chi connectivity index (χ2v) is 3.57. The van der Waals surface area contributed by atoms with Crippen LogP contribution >= 0.6 is 0 Å². The molecule has 0 saturated heterocycles. The van der Waals surface area contributed by atoms with E-state index in [-0.39, 0.29) is 5.75 Å². The van der Waals surface area contributed by atoms with E-state index in [1.165, 1.54) is 0 Å². The molecule has 0 aliphatic heterocycles. The summed E-state index contributed by atoms with van der Waals surface area (Å²) >= 11 is 0. The molecule has 1 aromatic rings. The molecule has 0 atom stereocenters. The standard InChI is InChI=1S/C8H10NO2S/c9-8-3-1-2-7(6-8)4-5-12(10)11/h1,3,6,12H,4-5,9H2. The van der Waals surface area contributed by atoms with E-state index < -0.39 is 10.7 Å². The van der Waals surface area contributed by atoms with E-state index in [0.29, 0.717) is 12.1 Å². The Bertz CT molecular complexity index is 326. The Balaban J connectivity index is 2.63. The van der Waals surface area contributed by atoms with Crippen molar-refractivity contribution in [1.82, 2.24) is 0 Å². The van der Waals surface area contributed by atoms with Gasteiger partial charge in [0.2, 0.25) is 0 Å². The van der Waals surface area contributed by atoms with E-state index in [1.54, 1.807) is 18.2 Å². The first-order valence-electron chi connectivity index (χ1n) is 3.56. The van der Waals surface area contributed by atoms with Gasteiger partial charge in [-0.1, -0.05) is 6.07 Å². The Morgan fingerprint density at radius 3 is 2.83 bits per heavy atom. The zero-order valence-corrected chi connectivity index (χ0v) is 7.38. The first-order chi connectivity index (χ1) is 5.68. The molecule has 0 bridgehead atoms. The van der Waals surface area contributed by atoms with Crippen LogP contribution in [0.2, 0.25) is 0 Å². The number of thiol groups is 1. The molecule has 2 N–H and O–H groups in total. The van der Waals surface area contributed by atoms with Crippen molar-refractivity contribution in [2.45, 2.75) is 6.42 Å². The summed E-state index contributed by atoms with van der Waals surface area (Å²) in [6.07, 6.45) is 0.490. The predicted molar refractivity (Wildman–Crippen MR) is 48.6 cm³/mol. The number of rotatable bonds is 3. The number of anilines is 1. The average molecular weight is 184 g/mol. The summed E-state index contributed by atoms with van der Waals surface area (Å²) in [7, 11) is -2.29. The number of nitrogens with two attached hydrogens (primary N) is 1. The summed E-state index contributed by atoms with van der Waals surface area (Å²) in [5, 5.41) is 0. The monoisotopic (exact) mass is 184 g/mol. The summed E-state index contributed by atoms with van der Waals surface area (Å²) in [6, 6.07) is 8.07. The van der Waals surface area contributed by atoms with E-state index in [0.717, 1.165) is 5.56 Å². The number of benzene rings is 1. The lowest BCUT2D eigenvalue weighted by Crippen LogP contribution is -1.95. The summed E-state index contributed by atoms with van der Waals surface area (Å²) < 4.78 is 20.5. The van der Waals surface area contributed by atoms with Gasteiger partial charge in [-0.25, -0.2) is 8.42 Å². The zero-order chi connectivity index (χ0) is 8.97. The van der Waals surface area contributed by atoms with Gasteiger partial charge in [0, 0.05) is 5.69 Å². The Hall–Kier alpha value is -1.03. The minimum Gasteiger partial charge on any atom is -0.399 e. The van der Waals surface area contributed by atoms with Gasteiger partial charge in [0.15, 0.2) is 0 Å². The van der Waals surface area contributed by atoms with Crippen molar-refractivity contribution < 1.29 is 8.42 Å². The van der Waals surface area contributed by atoms with E-state index in [9.17, 15) is 8.42 Å². The van der Waals surface area contributed by atoms with Gasteiger partial charge in [0.1, 0.15) is 10.7 Å². The summed E-state index contributed by atoms with van der Waals surface area (Å²) in [5.74, 6) is 0.162. The molecule has 3 nitrogen and oxygen atoms in total. The van der Waals surface area contributed by atoms with Crippen molar-refractivity contribution >= 4 is 16.4 Å². The number of aryl methyl sites for hydroxylation is 1. The molecule has 65 valence electrons. The molecule has 0 fully saturated rings. The third-order valence-electron chi connectivity index (χ3n) is 1.45. The normalized spacial score (nSPS) is 10.4. The highest BCUT2D eigenvalue weighted by Crippen LogP contribution is 2.05. The molecule has 0 aliphatic carbocycles. The van der Waals surface area contributed by atoms with Crippen LogP contribution in [-0.2, 0) is 17.1 Å². The van der Waals surface area contributed by atoms with Gasteiger partial charge >= 0.3 is 0 Å². The van der Waals surface area contributed by atoms with Crippen LogP contribution in [0.3, 0.4) is 0 Å². The summed E-state index contributed by atoms with van der Waals surface area (Å²) in [6.45, 7) is 0. The molecule has 0 aliphatic rings. The van der Waals surface area contributed by atoms with Crippen LogP contribution in [0.5, 0.6) is 0 Å². The lowest BCUT2D eigenvalue weighted by molar-refractivity contribution is 0.614. The SMILES string of the molecule is Nc1cc[c]c(CC[SH](=O)=O)c1. The molecule has 0 unspecified atom stereocenters. The first-order valence-corrected chi connectivity index (χ1v) is 4.92. The molecule has 1 radical (unpaired) electrons. The lowest BCUT2D eigenvalue weighted by atomic mass is 10.1. The molecular weight excluding hydrogens is 174 g/mol. The second-order valence-electron chi connectivity index (χ2n) is 2.45. The average Bonchev–Trinajstić information content (AvgIpc) is 2.01. The molecule has 4 heteroatoms. The van der Waals surface area contributed by atoms with E-state index in [4.69, 9.17) is 5.73 Å². The summed E-state index contributed by atoms with van der Waals surface area (Å²) in [5.41, 5.74) is 6.98. The van der Waals surface area contributed by atoms with Crippen molar-refractivity contribution in [2.75, 3.05) is 11.5 Å². The lowest BCUT2D eigenvalue weighted by Gasteiger charge is -1.97. The van der Waals surface area contributed by atoms with E-state index in [1.807, 2.05) is 0 Å². The van der Waals surface area contributed by atoms with Gasteiger partial charge < -0.3 is 5.73 Å². The molecule has 0 aromatic heterocycles. The van der Waals surface area contributed by atoms with Crippen LogP contribution in [0.4, 0.5) is 5.69 Å². The quantitative estimate of drug-likeness (QED) is 0.522. The van der Waals surface area contributed by atoms with Crippen LogP contribution in [0, 0.1) is 6.07 Å². The fourth-order valence-electron chi connectivity index (χ4n) is 0.892. The minimum absolute atomic E-state index is 0.162. The Labute approximate surface area is 73.2 Å². The minimum atomic E-state index is -2.29. The molecule has 1 aromatic carbocycles. The molecule has 0 heterocycles. The molecule has 1 rings (SSSR count). The molecular formula is C8H10NO2S. The van der Waals surface area contributed by atoms with E-state index >= 15 is 0 Å². The van der Waals surface area contributed by atoms with Gasteiger partial charge in [0.25, 0.3) is 0 Å². The number of nitrogen functional groups attached to an aromatic ring is 1. The third kappa shape index (κ3) is 2.92. The second kappa shape index (κ2) is 4.11. The van der Waals surface area contributed by atoms with Gasteiger partial charge in [-0.05, 0) is 30.2 Å². The van der Waals surface area contributed by atoms with E-state index in [2.05, 4.69) is 6.07 Å². The fraction of sp³-hybridized carbons (Fsp3) is 0.250. The maximum absolute atomic E-state index is 10.2. The molecule has 12 heavy (non-hydrogen) atoms. The maximum atomic E-state index is 10.2. The topological polar surface area (TPSA) is 60.2 Å². The van der Waals surface area contributed by atoms with Gasteiger partial charge in [0.05, 0.1) is 5.75 Å². The molecule has 0 spiro atoms. The van der Waals surface area contributed by atoms with Crippen LogP contribution in [0.25, 0.3) is 0 Å². The Kier molecular flexibility index (Phi) is 3.10. The van der Waals surface area contributed by atoms with Crippen molar-refractivity contribution in [2.24, 2.45) is 0 Å². The molecule has 0 saturated carbocycles. The van der Waals surface area contributed by atoms with Crippen molar-refractivity contribution in [1.29, 1.82) is 0 Å². The predicted octanol–water partition coefficient (Wildman–Crippen LogP) is 0.223. The van der Waals surface area contributed by atoms with Crippen molar-refractivity contribution in [3.63, 3.8) is 0 Å². The smallest absolute Gasteiger partial charge is 0.140 e. The third-order valence-corrected chi connectivity index (χ3v) is 2.04. The van der Waals surface area contributed by atoms with Gasteiger partial charge in [-0.15, -0.1) is 0 Å². The van der Waals surface area contributed by atoms with Crippen molar-refractivity contribution in [3.8, 4) is 0 Å². The highest BCUT2D eigenvalue weighted by atomic mass is 32.2.